The van der Waals surface area contributed by atoms with Crippen LogP contribution >= 0.6 is 0 Å². The van der Waals surface area contributed by atoms with Gasteiger partial charge in [0.1, 0.15) is 17.5 Å². The largest absolute Gasteiger partial charge is 0.413 e. The van der Waals surface area contributed by atoms with E-state index in [2.05, 4.69) is 15.1 Å². The van der Waals surface area contributed by atoms with Gasteiger partial charge in [-0.3, -0.25) is 14.6 Å². The standard InChI is InChI=1S/C10H10F3N5O/c11-10(12,13)9(2-1-3-9)18-7-5(8(19)17-18)6(14)15-4-16-7/h4H,1-3H2,(H,17,19)(H2,14,15,16). The molecule has 3 N–H and O–H groups in total. The van der Waals surface area contributed by atoms with Crippen molar-refractivity contribution in [1.29, 1.82) is 0 Å². The molecule has 102 valence electrons. The number of H-pyrrole nitrogens is 1. The summed E-state index contributed by atoms with van der Waals surface area (Å²) in [6.07, 6.45) is -3.13. The van der Waals surface area contributed by atoms with Gasteiger partial charge >= 0.3 is 6.18 Å². The van der Waals surface area contributed by atoms with Crippen molar-refractivity contribution < 1.29 is 13.2 Å². The third kappa shape index (κ3) is 1.41. The molecule has 2 aromatic rings. The Kier molecular flexibility index (Phi) is 2.20. The Morgan fingerprint density at radius 3 is 2.58 bits per heavy atom. The van der Waals surface area contributed by atoms with E-state index in [0.717, 1.165) is 11.0 Å². The first-order chi connectivity index (χ1) is 8.87. The van der Waals surface area contributed by atoms with Crippen molar-refractivity contribution in [2.75, 3.05) is 5.73 Å². The Hall–Kier alpha value is -2.06. The zero-order chi connectivity index (χ0) is 13.8. The predicted molar refractivity (Wildman–Crippen MR) is 60.4 cm³/mol. The molecule has 2 aromatic heterocycles. The van der Waals surface area contributed by atoms with E-state index in [9.17, 15) is 18.0 Å². The van der Waals surface area contributed by atoms with Gasteiger partial charge in [-0.15, -0.1) is 0 Å². The molecule has 0 amide bonds. The van der Waals surface area contributed by atoms with Crippen molar-refractivity contribution in [3.8, 4) is 0 Å². The monoisotopic (exact) mass is 273 g/mol. The van der Waals surface area contributed by atoms with Gasteiger partial charge < -0.3 is 5.73 Å². The molecule has 9 heteroatoms. The van der Waals surface area contributed by atoms with Crippen molar-refractivity contribution in [1.82, 2.24) is 19.7 Å². The number of aromatic amines is 1. The van der Waals surface area contributed by atoms with Crippen LogP contribution in [0.5, 0.6) is 0 Å². The highest BCUT2D eigenvalue weighted by Gasteiger charge is 2.61. The number of alkyl halides is 3. The van der Waals surface area contributed by atoms with E-state index in [4.69, 9.17) is 5.73 Å². The third-order valence-corrected chi connectivity index (χ3v) is 3.65. The first-order valence-electron chi connectivity index (χ1n) is 5.65. The maximum absolute atomic E-state index is 13.3. The van der Waals surface area contributed by atoms with Crippen LogP contribution in [-0.2, 0) is 5.54 Å². The topological polar surface area (TPSA) is 89.6 Å². The molecule has 0 unspecified atom stereocenters. The highest BCUT2D eigenvalue weighted by atomic mass is 19.4. The van der Waals surface area contributed by atoms with Crippen LogP contribution < -0.4 is 11.3 Å². The molecule has 19 heavy (non-hydrogen) atoms. The molecule has 1 saturated carbocycles. The van der Waals surface area contributed by atoms with Crippen LogP contribution in [0.25, 0.3) is 11.0 Å². The van der Waals surface area contributed by atoms with E-state index < -0.39 is 17.3 Å². The lowest BCUT2D eigenvalue weighted by atomic mass is 9.76. The van der Waals surface area contributed by atoms with Gasteiger partial charge in [0.05, 0.1) is 0 Å². The molecule has 0 spiro atoms. The van der Waals surface area contributed by atoms with Crippen LogP contribution in [-0.4, -0.2) is 25.9 Å². The minimum Gasteiger partial charge on any atom is -0.383 e. The minimum absolute atomic E-state index is 0.0832. The molecule has 2 heterocycles. The first kappa shape index (κ1) is 12.0. The van der Waals surface area contributed by atoms with Crippen LogP contribution in [0.4, 0.5) is 19.0 Å². The summed E-state index contributed by atoms with van der Waals surface area (Å²) in [7, 11) is 0. The number of fused-ring (bicyclic) bond motifs is 1. The fraction of sp³-hybridized carbons (Fsp3) is 0.500. The predicted octanol–water partition coefficient (Wildman–Crippen LogP) is 1.14. The summed E-state index contributed by atoms with van der Waals surface area (Å²) in [5.74, 6) is -0.123. The average Bonchev–Trinajstić information content (AvgIpc) is 2.54. The summed E-state index contributed by atoms with van der Waals surface area (Å²) < 4.78 is 40.6. The van der Waals surface area contributed by atoms with Crippen molar-refractivity contribution in [2.24, 2.45) is 0 Å². The van der Waals surface area contributed by atoms with E-state index in [0.29, 0.717) is 6.42 Å². The van der Waals surface area contributed by atoms with Crippen LogP contribution in [0, 0.1) is 0 Å². The lowest BCUT2D eigenvalue weighted by molar-refractivity contribution is -0.242. The highest BCUT2D eigenvalue weighted by Crippen LogP contribution is 2.51. The second-order valence-electron chi connectivity index (χ2n) is 4.62. The third-order valence-electron chi connectivity index (χ3n) is 3.65. The zero-order valence-corrected chi connectivity index (χ0v) is 9.66. The Morgan fingerprint density at radius 2 is 2.05 bits per heavy atom. The highest BCUT2D eigenvalue weighted by molar-refractivity contribution is 5.84. The van der Waals surface area contributed by atoms with Crippen molar-refractivity contribution in [2.45, 2.75) is 31.0 Å². The zero-order valence-electron chi connectivity index (χ0n) is 9.66. The molecule has 0 bridgehead atoms. The summed E-state index contributed by atoms with van der Waals surface area (Å²) in [5.41, 5.74) is 2.62. The van der Waals surface area contributed by atoms with Crippen LogP contribution in [0.3, 0.4) is 0 Å². The quantitative estimate of drug-likeness (QED) is 0.815. The van der Waals surface area contributed by atoms with Gasteiger partial charge in [-0.1, -0.05) is 0 Å². The van der Waals surface area contributed by atoms with Crippen molar-refractivity contribution in [3.63, 3.8) is 0 Å². The number of nitrogens with one attached hydrogen (secondary N) is 1. The van der Waals surface area contributed by atoms with Gasteiger partial charge in [0.15, 0.2) is 11.2 Å². The van der Waals surface area contributed by atoms with Gasteiger partial charge in [0, 0.05) is 0 Å². The Bertz CT molecular complexity index is 697. The summed E-state index contributed by atoms with van der Waals surface area (Å²) >= 11 is 0. The van der Waals surface area contributed by atoms with Gasteiger partial charge in [0.25, 0.3) is 5.56 Å². The Morgan fingerprint density at radius 1 is 1.37 bits per heavy atom. The summed E-state index contributed by atoms with van der Waals surface area (Å²) in [5, 5.41) is 2.10. The molecule has 6 nitrogen and oxygen atoms in total. The minimum atomic E-state index is -4.46. The number of nitrogens with two attached hydrogens (primary N) is 1. The van der Waals surface area contributed by atoms with Crippen molar-refractivity contribution in [3.05, 3.63) is 16.7 Å². The van der Waals surface area contributed by atoms with Gasteiger partial charge in [-0.25, -0.2) is 9.97 Å². The molecule has 1 aliphatic carbocycles. The molecule has 0 atom stereocenters. The molecule has 3 rings (SSSR count). The number of nitrogens with zero attached hydrogens (tertiary/aromatic N) is 3. The van der Waals surface area contributed by atoms with Gasteiger partial charge in [-0.2, -0.15) is 13.2 Å². The molecule has 0 radical (unpaired) electrons. The molecular formula is C10H10F3N5O. The molecule has 0 aliphatic heterocycles. The van der Waals surface area contributed by atoms with Gasteiger partial charge in [-0.05, 0) is 19.3 Å². The fourth-order valence-electron chi connectivity index (χ4n) is 2.44. The number of anilines is 1. The molecule has 0 aromatic carbocycles. The van der Waals surface area contributed by atoms with E-state index in [1.165, 1.54) is 0 Å². The number of aromatic nitrogens is 4. The molecule has 1 aliphatic rings. The molecule has 0 saturated heterocycles. The van der Waals surface area contributed by atoms with E-state index in [1.807, 2.05) is 0 Å². The van der Waals surface area contributed by atoms with E-state index in [1.54, 1.807) is 0 Å². The number of hydrogen-bond acceptors (Lipinski definition) is 4. The number of halogens is 3. The van der Waals surface area contributed by atoms with Gasteiger partial charge in [0.2, 0.25) is 0 Å². The second-order valence-corrected chi connectivity index (χ2v) is 4.62. The second kappa shape index (κ2) is 3.49. The number of rotatable bonds is 1. The summed E-state index contributed by atoms with van der Waals surface area (Å²) in [6.45, 7) is 0. The van der Waals surface area contributed by atoms with Crippen molar-refractivity contribution >= 4 is 16.9 Å². The Labute approximate surface area is 104 Å². The normalized spacial score (nSPS) is 18.5. The summed E-state index contributed by atoms with van der Waals surface area (Å²) in [4.78, 5) is 19.1. The first-order valence-corrected chi connectivity index (χ1v) is 5.65. The molecule has 1 fully saturated rings. The van der Waals surface area contributed by atoms with E-state index >= 15 is 0 Å². The summed E-state index contributed by atoms with van der Waals surface area (Å²) in [6, 6.07) is 0. The lowest BCUT2D eigenvalue weighted by Crippen LogP contribution is -2.53. The van der Waals surface area contributed by atoms with Crippen LogP contribution in [0.15, 0.2) is 11.1 Å². The number of nitrogen functional groups attached to an aromatic ring is 1. The maximum Gasteiger partial charge on any atom is 0.413 e. The SMILES string of the molecule is Nc1ncnc2c1c(=O)[nH]n2C1(C(F)(F)F)CCC1. The van der Waals surface area contributed by atoms with E-state index in [-0.39, 0.29) is 29.7 Å². The van der Waals surface area contributed by atoms with Crippen LogP contribution in [0.2, 0.25) is 0 Å². The average molecular weight is 273 g/mol. The molecular weight excluding hydrogens is 263 g/mol. The Balaban J connectivity index is 2.33. The smallest absolute Gasteiger partial charge is 0.383 e. The lowest BCUT2D eigenvalue weighted by Gasteiger charge is -2.43. The fourth-order valence-corrected chi connectivity index (χ4v) is 2.44. The van der Waals surface area contributed by atoms with Crippen LogP contribution in [0.1, 0.15) is 19.3 Å². The number of hydrogen-bond donors (Lipinski definition) is 2. The maximum atomic E-state index is 13.3.